The zero-order chi connectivity index (χ0) is 23.5. The second-order valence-corrected chi connectivity index (χ2v) is 7.02. The first-order valence-corrected chi connectivity index (χ1v) is 9.77. The topological polar surface area (TPSA) is 148 Å². The zero-order valence-electron chi connectivity index (χ0n) is 17.7. The van der Waals surface area contributed by atoms with Crippen LogP contribution < -0.4 is 25.5 Å². The first-order valence-electron chi connectivity index (χ1n) is 9.77. The minimum absolute atomic E-state index is 0.00595. The van der Waals surface area contributed by atoms with Gasteiger partial charge in [-0.05, 0) is 36.4 Å². The summed E-state index contributed by atoms with van der Waals surface area (Å²) in [6.07, 6.45) is -0.0257. The van der Waals surface area contributed by atoms with Crippen LogP contribution in [0.15, 0.2) is 47.6 Å². The van der Waals surface area contributed by atoms with Crippen LogP contribution >= 0.6 is 0 Å². The molecule has 11 nitrogen and oxygen atoms in total. The second kappa shape index (κ2) is 8.94. The molecular weight excluding hydrogens is 433 g/mol. The molecule has 4 N–H and O–H groups in total. The van der Waals surface area contributed by atoms with Crippen LogP contribution in [-0.4, -0.2) is 53.0 Å². The van der Waals surface area contributed by atoms with E-state index in [1.54, 1.807) is 25.3 Å². The Morgan fingerprint density at radius 2 is 1.94 bits per heavy atom. The summed E-state index contributed by atoms with van der Waals surface area (Å²) in [5.41, 5.74) is 6.57. The first kappa shape index (κ1) is 21.7. The van der Waals surface area contributed by atoms with E-state index in [4.69, 9.17) is 15.2 Å². The van der Waals surface area contributed by atoms with Crippen LogP contribution in [0.4, 0.5) is 16.0 Å². The van der Waals surface area contributed by atoms with Crippen molar-refractivity contribution in [3.63, 3.8) is 0 Å². The van der Waals surface area contributed by atoms with Gasteiger partial charge in [-0.1, -0.05) is 0 Å². The molecule has 1 atom stereocenters. The van der Waals surface area contributed by atoms with Crippen molar-refractivity contribution in [2.45, 2.75) is 12.5 Å². The van der Waals surface area contributed by atoms with Gasteiger partial charge in [0, 0.05) is 12.5 Å². The van der Waals surface area contributed by atoms with Crippen molar-refractivity contribution >= 4 is 29.2 Å². The van der Waals surface area contributed by atoms with Gasteiger partial charge in [0.05, 0.1) is 25.5 Å². The lowest BCUT2D eigenvalue weighted by Gasteiger charge is -2.20. The Labute approximate surface area is 187 Å². The van der Waals surface area contributed by atoms with E-state index in [0.717, 1.165) is 0 Å². The molecular formula is C21H20FN7O4. The van der Waals surface area contributed by atoms with Gasteiger partial charge in [0.2, 0.25) is 11.9 Å². The van der Waals surface area contributed by atoms with Crippen LogP contribution in [0.25, 0.3) is 11.4 Å². The van der Waals surface area contributed by atoms with Crippen LogP contribution in [0.2, 0.25) is 0 Å². The number of anilines is 2. The number of nitrogens with one attached hydrogen (secondary N) is 2. The fourth-order valence-electron chi connectivity index (χ4n) is 3.31. The predicted molar refractivity (Wildman–Crippen MR) is 117 cm³/mol. The number of halogens is 1. The molecule has 0 aliphatic carbocycles. The number of methoxy groups -OCH3 is 2. The van der Waals surface area contributed by atoms with Crippen molar-refractivity contribution in [1.29, 1.82) is 0 Å². The molecule has 2 amide bonds. The van der Waals surface area contributed by atoms with Gasteiger partial charge < -0.3 is 15.2 Å². The molecule has 1 aromatic heterocycles. The monoisotopic (exact) mass is 453 g/mol. The zero-order valence-corrected chi connectivity index (χ0v) is 17.7. The number of rotatable bonds is 7. The van der Waals surface area contributed by atoms with Crippen LogP contribution in [0.1, 0.15) is 6.42 Å². The number of primary amides is 1. The molecule has 0 bridgehead atoms. The highest BCUT2D eigenvalue weighted by molar-refractivity contribution is 6.44. The Bertz CT molecular complexity index is 1230. The number of ether oxygens (including phenoxy) is 2. The number of aromatic nitrogens is 3. The predicted octanol–water partition coefficient (Wildman–Crippen LogP) is 1.69. The fraction of sp³-hybridized carbons (Fsp3) is 0.190. The Morgan fingerprint density at radius 1 is 1.18 bits per heavy atom. The average Bonchev–Trinajstić information content (AvgIpc) is 3.47. The van der Waals surface area contributed by atoms with Crippen LogP contribution in [0.3, 0.4) is 0 Å². The number of aromatic amines is 1. The highest BCUT2D eigenvalue weighted by atomic mass is 19.1. The average molecular weight is 453 g/mol. The van der Waals surface area contributed by atoms with Crippen molar-refractivity contribution in [1.82, 2.24) is 15.2 Å². The summed E-state index contributed by atoms with van der Waals surface area (Å²) < 4.78 is 23.8. The summed E-state index contributed by atoms with van der Waals surface area (Å²) in [5.74, 6) is -0.229. The maximum absolute atomic E-state index is 13.2. The first-order chi connectivity index (χ1) is 15.9. The van der Waals surface area contributed by atoms with Crippen LogP contribution in [0, 0.1) is 5.82 Å². The Kier molecular flexibility index (Phi) is 5.89. The van der Waals surface area contributed by atoms with E-state index in [9.17, 15) is 14.0 Å². The fourth-order valence-corrected chi connectivity index (χ4v) is 3.31. The van der Waals surface area contributed by atoms with E-state index in [-0.39, 0.29) is 18.1 Å². The third-order valence-corrected chi connectivity index (χ3v) is 4.97. The second-order valence-electron chi connectivity index (χ2n) is 7.02. The lowest BCUT2D eigenvalue weighted by Crippen LogP contribution is -2.39. The SMILES string of the molecule is COc1ccc(-c2nc(NC(=O)C3=NN(c4ccc(F)cc4)C(C(N)=O)C3)n[nH]2)c(OC)c1. The summed E-state index contributed by atoms with van der Waals surface area (Å²) in [6.45, 7) is 0. The molecule has 12 heteroatoms. The smallest absolute Gasteiger partial charge is 0.274 e. The number of hydrogen-bond acceptors (Lipinski definition) is 8. The molecule has 33 heavy (non-hydrogen) atoms. The molecule has 0 saturated carbocycles. The van der Waals surface area contributed by atoms with Gasteiger partial charge in [0.25, 0.3) is 5.91 Å². The van der Waals surface area contributed by atoms with E-state index >= 15 is 0 Å². The molecule has 2 aromatic carbocycles. The largest absolute Gasteiger partial charge is 0.497 e. The van der Waals surface area contributed by atoms with Gasteiger partial charge >= 0.3 is 0 Å². The Morgan fingerprint density at radius 3 is 2.61 bits per heavy atom. The number of carbonyl (C=O) groups excluding carboxylic acids is 2. The summed E-state index contributed by atoms with van der Waals surface area (Å²) in [7, 11) is 3.06. The quantitative estimate of drug-likeness (QED) is 0.493. The minimum atomic E-state index is -0.887. The normalized spacial score (nSPS) is 15.2. The van der Waals surface area contributed by atoms with Crippen LogP contribution in [-0.2, 0) is 9.59 Å². The number of H-pyrrole nitrogens is 1. The molecule has 4 rings (SSSR count). The summed E-state index contributed by atoms with van der Waals surface area (Å²) in [5, 5.41) is 14.8. The number of hydrogen-bond donors (Lipinski definition) is 3. The molecule has 1 unspecified atom stereocenters. The molecule has 0 spiro atoms. The van der Waals surface area contributed by atoms with E-state index in [1.807, 2.05) is 0 Å². The van der Waals surface area contributed by atoms with Gasteiger partial charge in [0.15, 0.2) is 5.82 Å². The van der Waals surface area contributed by atoms with Crippen LogP contribution in [0.5, 0.6) is 11.5 Å². The van der Waals surface area contributed by atoms with E-state index in [1.165, 1.54) is 36.4 Å². The standard InChI is InChI=1S/C21H20FN7O4/c1-32-13-7-8-14(17(9-13)33-2)19-24-21(27-26-19)25-20(31)15-10-16(18(23)30)29(28-15)12-5-3-11(22)4-6-12/h3-9,16H,10H2,1-2H3,(H2,23,30)(H2,24,25,26,27,31). The maximum Gasteiger partial charge on any atom is 0.274 e. The molecule has 170 valence electrons. The Balaban J connectivity index is 1.53. The van der Waals surface area contributed by atoms with E-state index in [0.29, 0.717) is 28.6 Å². The summed E-state index contributed by atoms with van der Waals surface area (Å²) >= 11 is 0. The molecule has 0 saturated heterocycles. The number of nitrogens with two attached hydrogens (primary N) is 1. The number of carbonyl (C=O) groups is 2. The number of amides is 2. The number of benzene rings is 2. The van der Waals surface area contributed by atoms with Gasteiger partial charge in [-0.25, -0.2) is 4.39 Å². The molecule has 0 radical (unpaired) electrons. The van der Waals surface area contributed by atoms with Crippen molar-refractivity contribution in [2.75, 3.05) is 24.5 Å². The molecule has 3 aromatic rings. The number of nitrogens with zero attached hydrogens (tertiary/aromatic N) is 4. The molecule has 0 fully saturated rings. The molecule has 1 aliphatic heterocycles. The van der Waals surface area contributed by atoms with Gasteiger partial charge in [-0.3, -0.25) is 25.0 Å². The highest BCUT2D eigenvalue weighted by Crippen LogP contribution is 2.31. The van der Waals surface area contributed by atoms with Crippen molar-refractivity contribution < 1.29 is 23.5 Å². The lowest BCUT2D eigenvalue weighted by atomic mass is 10.1. The van der Waals surface area contributed by atoms with Gasteiger partial charge in [0.1, 0.15) is 29.1 Å². The van der Waals surface area contributed by atoms with Gasteiger partial charge in [-0.15, -0.1) is 5.10 Å². The van der Waals surface area contributed by atoms with E-state index in [2.05, 4.69) is 25.6 Å². The Hall–Kier alpha value is -4.48. The number of hydrazone groups is 1. The third kappa shape index (κ3) is 4.44. The molecule has 2 heterocycles. The third-order valence-electron chi connectivity index (χ3n) is 4.97. The molecule has 1 aliphatic rings. The summed E-state index contributed by atoms with van der Waals surface area (Å²) in [4.78, 5) is 28.9. The highest BCUT2D eigenvalue weighted by Gasteiger charge is 2.35. The summed E-state index contributed by atoms with van der Waals surface area (Å²) in [6, 6.07) is 9.62. The van der Waals surface area contributed by atoms with Crippen molar-refractivity contribution in [2.24, 2.45) is 10.8 Å². The van der Waals surface area contributed by atoms with Crippen molar-refractivity contribution in [3.8, 4) is 22.9 Å². The lowest BCUT2D eigenvalue weighted by molar-refractivity contribution is -0.119. The minimum Gasteiger partial charge on any atom is -0.497 e. The van der Waals surface area contributed by atoms with E-state index < -0.39 is 23.7 Å². The van der Waals surface area contributed by atoms with Crippen molar-refractivity contribution in [3.05, 3.63) is 48.3 Å². The van der Waals surface area contributed by atoms with Gasteiger partial charge in [-0.2, -0.15) is 10.1 Å². The maximum atomic E-state index is 13.2.